The van der Waals surface area contributed by atoms with Crippen molar-refractivity contribution in [3.63, 3.8) is 0 Å². The molecule has 0 atom stereocenters. The van der Waals surface area contributed by atoms with E-state index in [1.165, 1.54) is 19.3 Å². The fourth-order valence-electron chi connectivity index (χ4n) is 4.89. The van der Waals surface area contributed by atoms with Gasteiger partial charge in [-0.05, 0) is 49.9 Å². The first-order valence-electron chi connectivity index (χ1n) is 12.2. The number of urea groups is 1. The van der Waals surface area contributed by atoms with Crippen molar-refractivity contribution in [3.8, 4) is 17.1 Å². The molecular weight excluding hydrogens is 430 g/mol. The lowest BCUT2D eigenvalue weighted by atomic mass is 9.96. The molecule has 1 saturated heterocycles. The summed E-state index contributed by atoms with van der Waals surface area (Å²) < 4.78 is 7.19. The first-order valence-corrected chi connectivity index (χ1v) is 12.2. The lowest BCUT2D eigenvalue weighted by molar-refractivity contribution is 0.0699. The molecule has 178 valence electrons. The van der Waals surface area contributed by atoms with Crippen molar-refractivity contribution in [1.29, 1.82) is 0 Å². The van der Waals surface area contributed by atoms with E-state index in [0.717, 1.165) is 31.4 Å². The van der Waals surface area contributed by atoms with Crippen molar-refractivity contribution < 1.29 is 14.0 Å². The molecule has 0 spiro atoms. The van der Waals surface area contributed by atoms with Crippen LogP contribution in [0.2, 0.25) is 0 Å². The third kappa shape index (κ3) is 5.00. The quantitative estimate of drug-likeness (QED) is 0.590. The summed E-state index contributed by atoms with van der Waals surface area (Å²) in [5.74, 6) is 0.551. The number of amides is 3. The van der Waals surface area contributed by atoms with Crippen molar-refractivity contribution in [2.24, 2.45) is 0 Å². The summed E-state index contributed by atoms with van der Waals surface area (Å²) in [6.07, 6.45) is 8.83. The largest absolute Gasteiger partial charge is 0.463 e. The molecule has 2 fully saturated rings. The van der Waals surface area contributed by atoms with Crippen LogP contribution in [0.3, 0.4) is 0 Å². The molecule has 1 aliphatic heterocycles. The Labute approximate surface area is 199 Å². The molecule has 3 amide bonds. The Morgan fingerprint density at radius 1 is 0.882 bits per heavy atom. The average molecular weight is 462 g/mol. The standard InChI is InChI=1S/C26H31N5O3/c32-25(30-15-13-20(14-16-30)28-26(33)27-19-8-3-1-4-9-19)23-18-22(24-12-7-17-34-24)29-31(23)21-10-5-2-6-11-21/h2,5-7,10-12,17-20H,1,3-4,8-9,13-16H2,(H2,27,28,33). The summed E-state index contributed by atoms with van der Waals surface area (Å²) in [4.78, 5) is 27.8. The predicted molar refractivity (Wildman–Crippen MR) is 129 cm³/mol. The number of aromatic nitrogens is 2. The lowest BCUT2D eigenvalue weighted by Crippen LogP contribution is -2.51. The first kappa shape index (κ1) is 22.3. The number of likely N-dealkylation sites (tertiary alicyclic amines) is 1. The number of rotatable bonds is 5. The molecule has 8 heteroatoms. The van der Waals surface area contributed by atoms with Gasteiger partial charge in [-0.1, -0.05) is 37.5 Å². The number of para-hydroxylation sites is 1. The van der Waals surface area contributed by atoms with Crippen LogP contribution >= 0.6 is 0 Å². The van der Waals surface area contributed by atoms with E-state index in [1.54, 1.807) is 23.1 Å². The van der Waals surface area contributed by atoms with Gasteiger partial charge in [-0.3, -0.25) is 4.79 Å². The molecule has 34 heavy (non-hydrogen) atoms. The van der Waals surface area contributed by atoms with Gasteiger partial charge in [0.25, 0.3) is 5.91 Å². The van der Waals surface area contributed by atoms with Gasteiger partial charge in [-0.2, -0.15) is 5.10 Å². The second-order valence-electron chi connectivity index (χ2n) is 9.16. The normalized spacial score (nSPS) is 17.5. The van der Waals surface area contributed by atoms with E-state index in [4.69, 9.17) is 4.42 Å². The Morgan fingerprint density at radius 2 is 1.59 bits per heavy atom. The number of nitrogens with zero attached hydrogens (tertiary/aromatic N) is 3. The highest BCUT2D eigenvalue weighted by atomic mass is 16.3. The maximum Gasteiger partial charge on any atom is 0.315 e. The Morgan fingerprint density at radius 3 is 2.26 bits per heavy atom. The summed E-state index contributed by atoms with van der Waals surface area (Å²) in [6, 6.07) is 15.3. The van der Waals surface area contributed by atoms with Crippen LogP contribution in [0.1, 0.15) is 55.4 Å². The van der Waals surface area contributed by atoms with Crippen molar-refractivity contribution in [2.45, 2.75) is 57.0 Å². The topological polar surface area (TPSA) is 92.4 Å². The first-order chi connectivity index (χ1) is 16.7. The van der Waals surface area contributed by atoms with Gasteiger partial charge < -0.3 is 20.0 Å². The summed E-state index contributed by atoms with van der Waals surface area (Å²) in [7, 11) is 0. The minimum Gasteiger partial charge on any atom is -0.463 e. The van der Waals surface area contributed by atoms with Crippen LogP contribution in [0, 0.1) is 0 Å². The number of carbonyl (C=O) groups excluding carboxylic acids is 2. The van der Waals surface area contributed by atoms with E-state index < -0.39 is 0 Å². The molecular formula is C26H31N5O3. The molecule has 2 aliphatic rings. The van der Waals surface area contributed by atoms with Crippen LogP contribution < -0.4 is 10.6 Å². The predicted octanol–water partition coefficient (Wildman–Crippen LogP) is 4.37. The van der Waals surface area contributed by atoms with Crippen molar-refractivity contribution in [1.82, 2.24) is 25.3 Å². The fourth-order valence-corrected chi connectivity index (χ4v) is 4.89. The molecule has 0 bridgehead atoms. The molecule has 3 aromatic rings. The van der Waals surface area contributed by atoms with Crippen LogP contribution in [0.25, 0.3) is 17.1 Å². The number of furan rings is 1. The zero-order chi connectivity index (χ0) is 23.3. The van der Waals surface area contributed by atoms with Crippen LogP contribution in [0.4, 0.5) is 4.79 Å². The average Bonchev–Trinajstić information content (AvgIpc) is 3.56. The molecule has 0 radical (unpaired) electrons. The van der Waals surface area contributed by atoms with Crippen molar-refractivity contribution >= 4 is 11.9 Å². The third-order valence-electron chi connectivity index (χ3n) is 6.76. The maximum absolute atomic E-state index is 13.5. The summed E-state index contributed by atoms with van der Waals surface area (Å²) in [5.41, 5.74) is 1.94. The molecule has 1 aliphatic carbocycles. The molecule has 3 heterocycles. The monoisotopic (exact) mass is 461 g/mol. The maximum atomic E-state index is 13.5. The summed E-state index contributed by atoms with van der Waals surface area (Å²) in [5, 5.41) is 10.9. The van der Waals surface area contributed by atoms with E-state index in [9.17, 15) is 9.59 Å². The Kier molecular flexibility index (Phi) is 6.65. The number of benzene rings is 1. The Bertz CT molecular complexity index is 1090. The minimum absolute atomic E-state index is 0.0701. The molecule has 5 rings (SSSR count). The van der Waals surface area contributed by atoms with Gasteiger partial charge in [0, 0.05) is 31.2 Å². The third-order valence-corrected chi connectivity index (χ3v) is 6.76. The SMILES string of the molecule is O=C(NC1CCCCC1)NC1CCN(C(=O)c2cc(-c3ccco3)nn2-c2ccccc2)CC1. The van der Waals surface area contributed by atoms with Crippen LogP contribution in [0.15, 0.2) is 59.2 Å². The molecule has 8 nitrogen and oxygen atoms in total. The Hall–Kier alpha value is -3.55. The van der Waals surface area contributed by atoms with Gasteiger partial charge in [0.05, 0.1) is 12.0 Å². The minimum atomic E-state index is -0.0816. The van der Waals surface area contributed by atoms with Crippen LogP contribution in [-0.2, 0) is 0 Å². The second-order valence-corrected chi connectivity index (χ2v) is 9.16. The number of nitrogens with one attached hydrogen (secondary N) is 2. The van der Waals surface area contributed by atoms with Gasteiger partial charge in [0.2, 0.25) is 0 Å². The van der Waals surface area contributed by atoms with E-state index in [1.807, 2.05) is 41.3 Å². The van der Waals surface area contributed by atoms with Gasteiger partial charge in [0.15, 0.2) is 5.76 Å². The number of hydrogen-bond donors (Lipinski definition) is 2. The van der Waals surface area contributed by atoms with E-state index in [-0.39, 0.29) is 24.0 Å². The van der Waals surface area contributed by atoms with Crippen LogP contribution in [0.5, 0.6) is 0 Å². The zero-order valence-corrected chi connectivity index (χ0v) is 19.3. The fraction of sp³-hybridized carbons (Fsp3) is 0.423. The second kappa shape index (κ2) is 10.2. The number of piperidine rings is 1. The molecule has 1 aromatic carbocycles. The van der Waals surface area contributed by atoms with E-state index in [0.29, 0.717) is 30.2 Å². The van der Waals surface area contributed by atoms with Crippen molar-refractivity contribution in [2.75, 3.05) is 13.1 Å². The number of hydrogen-bond acceptors (Lipinski definition) is 4. The highest BCUT2D eigenvalue weighted by molar-refractivity contribution is 5.94. The van der Waals surface area contributed by atoms with Crippen molar-refractivity contribution in [3.05, 3.63) is 60.5 Å². The number of carbonyl (C=O) groups is 2. The smallest absolute Gasteiger partial charge is 0.315 e. The van der Waals surface area contributed by atoms with Gasteiger partial charge in [0.1, 0.15) is 11.4 Å². The zero-order valence-electron chi connectivity index (χ0n) is 19.3. The molecule has 2 N–H and O–H groups in total. The molecule has 1 saturated carbocycles. The van der Waals surface area contributed by atoms with E-state index in [2.05, 4.69) is 15.7 Å². The van der Waals surface area contributed by atoms with Gasteiger partial charge in [-0.15, -0.1) is 0 Å². The summed E-state index contributed by atoms with van der Waals surface area (Å²) in [6.45, 7) is 1.17. The van der Waals surface area contributed by atoms with E-state index >= 15 is 0 Å². The van der Waals surface area contributed by atoms with Crippen LogP contribution in [-0.4, -0.2) is 51.8 Å². The highest BCUT2D eigenvalue weighted by Gasteiger charge is 2.28. The molecule has 2 aromatic heterocycles. The summed E-state index contributed by atoms with van der Waals surface area (Å²) >= 11 is 0. The Balaban J connectivity index is 1.24. The molecule has 0 unspecified atom stereocenters. The lowest BCUT2D eigenvalue weighted by Gasteiger charge is -2.33. The highest BCUT2D eigenvalue weighted by Crippen LogP contribution is 2.24. The van der Waals surface area contributed by atoms with Gasteiger partial charge in [-0.25, -0.2) is 9.48 Å². The van der Waals surface area contributed by atoms with Gasteiger partial charge >= 0.3 is 6.03 Å².